The molecule has 0 amide bonds. The van der Waals surface area contributed by atoms with Gasteiger partial charge >= 0.3 is 0 Å². The van der Waals surface area contributed by atoms with Crippen molar-refractivity contribution in [1.82, 2.24) is 5.32 Å². The molecule has 3 nitrogen and oxygen atoms in total. The first-order chi connectivity index (χ1) is 9.54. The number of aryl methyl sites for hydroxylation is 2. The summed E-state index contributed by atoms with van der Waals surface area (Å²) < 4.78 is 11.9. The van der Waals surface area contributed by atoms with Crippen molar-refractivity contribution in [1.29, 1.82) is 0 Å². The third-order valence-electron chi connectivity index (χ3n) is 3.70. The summed E-state index contributed by atoms with van der Waals surface area (Å²) in [7, 11) is 0. The first-order valence-electron chi connectivity index (χ1n) is 7.63. The minimum Gasteiger partial charge on any atom is -0.491 e. The minimum atomic E-state index is 0.231. The summed E-state index contributed by atoms with van der Waals surface area (Å²) in [4.78, 5) is 0. The molecular formula is C17H27NO2. The second-order valence-electron chi connectivity index (χ2n) is 6.10. The van der Waals surface area contributed by atoms with Crippen LogP contribution in [-0.4, -0.2) is 31.4 Å². The van der Waals surface area contributed by atoms with Crippen molar-refractivity contribution >= 4 is 0 Å². The Morgan fingerprint density at radius 2 is 2.00 bits per heavy atom. The SMILES string of the molecule is Cc1ccc(OCC2CCC(CNC(C)C)O2)c(C)c1. The fourth-order valence-electron chi connectivity index (χ4n) is 2.56. The zero-order valence-electron chi connectivity index (χ0n) is 13.1. The van der Waals surface area contributed by atoms with Crippen molar-refractivity contribution in [3.63, 3.8) is 0 Å². The van der Waals surface area contributed by atoms with E-state index >= 15 is 0 Å². The molecule has 2 atom stereocenters. The Morgan fingerprint density at radius 3 is 2.70 bits per heavy atom. The van der Waals surface area contributed by atoms with E-state index in [1.165, 1.54) is 11.1 Å². The molecule has 0 aromatic heterocycles. The molecule has 1 aliphatic rings. The summed E-state index contributed by atoms with van der Waals surface area (Å²) in [5.41, 5.74) is 2.47. The van der Waals surface area contributed by atoms with Crippen LogP contribution in [-0.2, 0) is 4.74 Å². The molecule has 2 rings (SSSR count). The van der Waals surface area contributed by atoms with Gasteiger partial charge in [-0.2, -0.15) is 0 Å². The van der Waals surface area contributed by atoms with Gasteiger partial charge < -0.3 is 14.8 Å². The van der Waals surface area contributed by atoms with Crippen LogP contribution >= 0.6 is 0 Å². The number of rotatable bonds is 6. The summed E-state index contributed by atoms with van der Waals surface area (Å²) >= 11 is 0. The zero-order valence-corrected chi connectivity index (χ0v) is 13.1. The van der Waals surface area contributed by atoms with Crippen molar-refractivity contribution in [2.45, 2.75) is 58.8 Å². The van der Waals surface area contributed by atoms with Gasteiger partial charge in [-0.25, -0.2) is 0 Å². The van der Waals surface area contributed by atoms with Crippen molar-refractivity contribution in [3.8, 4) is 5.75 Å². The molecule has 1 heterocycles. The molecule has 0 spiro atoms. The number of benzene rings is 1. The Hall–Kier alpha value is -1.06. The molecular weight excluding hydrogens is 250 g/mol. The molecule has 0 saturated carbocycles. The molecule has 0 radical (unpaired) electrons. The lowest BCUT2D eigenvalue weighted by atomic mass is 10.1. The molecule has 1 aromatic carbocycles. The quantitative estimate of drug-likeness (QED) is 0.866. The Bertz CT molecular complexity index is 431. The normalized spacial score (nSPS) is 22.4. The van der Waals surface area contributed by atoms with Crippen molar-refractivity contribution in [2.24, 2.45) is 0 Å². The molecule has 1 aromatic rings. The second-order valence-corrected chi connectivity index (χ2v) is 6.10. The largest absolute Gasteiger partial charge is 0.491 e. The van der Waals surface area contributed by atoms with Gasteiger partial charge in [0.15, 0.2) is 0 Å². The van der Waals surface area contributed by atoms with Crippen LogP contribution in [0.25, 0.3) is 0 Å². The monoisotopic (exact) mass is 277 g/mol. The standard InChI is InChI=1S/C17H27NO2/c1-12(2)18-10-15-6-7-16(20-15)11-19-17-8-5-13(3)9-14(17)4/h5,8-9,12,15-16,18H,6-7,10-11H2,1-4H3. The predicted octanol–water partition coefficient (Wildman–Crippen LogP) is 3.23. The van der Waals surface area contributed by atoms with Crippen LogP contribution in [0.1, 0.15) is 37.8 Å². The first-order valence-corrected chi connectivity index (χ1v) is 7.63. The lowest BCUT2D eigenvalue weighted by Crippen LogP contribution is -2.32. The minimum absolute atomic E-state index is 0.231. The van der Waals surface area contributed by atoms with E-state index in [2.05, 4.69) is 51.2 Å². The molecule has 112 valence electrons. The highest BCUT2D eigenvalue weighted by atomic mass is 16.5. The Labute approximate surface area is 122 Å². The topological polar surface area (TPSA) is 30.5 Å². The Morgan fingerprint density at radius 1 is 1.25 bits per heavy atom. The van der Waals surface area contributed by atoms with Crippen LogP contribution in [0.15, 0.2) is 18.2 Å². The summed E-state index contributed by atoms with van der Waals surface area (Å²) in [5.74, 6) is 0.975. The van der Waals surface area contributed by atoms with Crippen molar-refractivity contribution in [3.05, 3.63) is 29.3 Å². The number of ether oxygens (including phenoxy) is 2. The first kappa shape index (κ1) is 15.3. The molecule has 1 aliphatic heterocycles. The molecule has 2 unspecified atom stereocenters. The van der Waals surface area contributed by atoms with Crippen LogP contribution < -0.4 is 10.1 Å². The zero-order chi connectivity index (χ0) is 14.5. The van der Waals surface area contributed by atoms with Gasteiger partial charge in [0.05, 0.1) is 12.2 Å². The van der Waals surface area contributed by atoms with Crippen LogP contribution in [0, 0.1) is 13.8 Å². The maximum absolute atomic E-state index is 6.01. The molecule has 20 heavy (non-hydrogen) atoms. The van der Waals surface area contributed by atoms with E-state index in [0.29, 0.717) is 18.8 Å². The highest BCUT2D eigenvalue weighted by molar-refractivity contribution is 5.35. The average Bonchev–Trinajstić information content (AvgIpc) is 2.83. The third kappa shape index (κ3) is 4.50. The van der Waals surface area contributed by atoms with Gasteiger partial charge in [0.1, 0.15) is 12.4 Å². The summed E-state index contributed by atoms with van der Waals surface area (Å²) in [6.07, 6.45) is 2.79. The van der Waals surface area contributed by atoms with Gasteiger partial charge in [-0.1, -0.05) is 31.5 Å². The van der Waals surface area contributed by atoms with Gasteiger partial charge in [-0.15, -0.1) is 0 Å². The highest BCUT2D eigenvalue weighted by Crippen LogP contribution is 2.23. The van der Waals surface area contributed by atoms with Gasteiger partial charge in [-0.05, 0) is 38.3 Å². The maximum atomic E-state index is 6.01. The van der Waals surface area contributed by atoms with E-state index in [9.17, 15) is 0 Å². The molecule has 0 bridgehead atoms. The average molecular weight is 277 g/mol. The van der Waals surface area contributed by atoms with Crippen LogP contribution in [0.2, 0.25) is 0 Å². The maximum Gasteiger partial charge on any atom is 0.122 e. The van der Waals surface area contributed by atoms with E-state index in [4.69, 9.17) is 9.47 Å². The van der Waals surface area contributed by atoms with Crippen molar-refractivity contribution in [2.75, 3.05) is 13.2 Å². The van der Waals surface area contributed by atoms with Gasteiger partial charge in [0.2, 0.25) is 0 Å². The summed E-state index contributed by atoms with van der Waals surface area (Å²) in [6.45, 7) is 10.1. The van der Waals surface area contributed by atoms with Gasteiger partial charge in [-0.3, -0.25) is 0 Å². The van der Waals surface area contributed by atoms with E-state index in [1.54, 1.807) is 0 Å². The Kier molecular flexibility index (Phi) is 5.44. The molecule has 1 saturated heterocycles. The van der Waals surface area contributed by atoms with Gasteiger partial charge in [0.25, 0.3) is 0 Å². The fraction of sp³-hybridized carbons (Fsp3) is 0.647. The van der Waals surface area contributed by atoms with E-state index in [1.807, 2.05) is 0 Å². The van der Waals surface area contributed by atoms with E-state index in [-0.39, 0.29) is 6.10 Å². The van der Waals surface area contributed by atoms with Crippen LogP contribution in [0.5, 0.6) is 5.75 Å². The molecule has 1 fully saturated rings. The Balaban J connectivity index is 1.75. The lowest BCUT2D eigenvalue weighted by Gasteiger charge is -2.17. The molecule has 3 heteroatoms. The predicted molar refractivity (Wildman–Crippen MR) is 82.4 cm³/mol. The lowest BCUT2D eigenvalue weighted by molar-refractivity contribution is 0.0177. The number of nitrogens with one attached hydrogen (secondary N) is 1. The molecule has 1 N–H and O–H groups in total. The van der Waals surface area contributed by atoms with Crippen molar-refractivity contribution < 1.29 is 9.47 Å². The highest BCUT2D eigenvalue weighted by Gasteiger charge is 2.25. The van der Waals surface area contributed by atoms with E-state index < -0.39 is 0 Å². The van der Waals surface area contributed by atoms with E-state index in [0.717, 1.165) is 25.1 Å². The van der Waals surface area contributed by atoms with Crippen LogP contribution in [0.4, 0.5) is 0 Å². The van der Waals surface area contributed by atoms with Crippen LogP contribution in [0.3, 0.4) is 0 Å². The number of hydrogen-bond acceptors (Lipinski definition) is 3. The van der Waals surface area contributed by atoms with Gasteiger partial charge in [0, 0.05) is 12.6 Å². The number of hydrogen-bond donors (Lipinski definition) is 1. The summed E-state index contributed by atoms with van der Waals surface area (Å²) in [5, 5.41) is 3.43. The third-order valence-corrected chi connectivity index (χ3v) is 3.70. The molecule has 0 aliphatic carbocycles. The second kappa shape index (κ2) is 7.09. The fourth-order valence-corrected chi connectivity index (χ4v) is 2.56. The smallest absolute Gasteiger partial charge is 0.122 e. The summed E-state index contributed by atoms with van der Waals surface area (Å²) in [6, 6.07) is 6.81.